The van der Waals surface area contributed by atoms with Crippen LogP contribution in [0, 0.1) is 12.7 Å². The third-order valence-corrected chi connectivity index (χ3v) is 5.73. The molecule has 2 unspecified atom stereocenters. The summed E-state index contributed by atoms with van der Waals surface area (Å²) in [6.45, 7) is 2.36. The molecule has 0 aliphatic heterocycles. The van der Waals surface area contributed by atoms with Gasteiger partial charge in [0.15, 0.2) is 5.76 Å². The highest BCUT2D eigenvalue weighted by atomic mass is 19.1. The zero-order chi connectivity index (χ0) is 22.5. The second-order valence-corrected chi connectivity index (χ2v) is 8.09. The molecule has 0 radical (unpaired) electrons. The highest BCUT2D eigenvalue weighted by molar-refractivity contribution is 5.91. The second kappa shape index (κ2) is 10.1. The van der Waals surface area contributed by atoms with Gasteiger partial charge in [0, 0.05) is 5.56 Å². The molecule has 3 aromatic rings. The molecule has 0 amide bonds. The quantitative estimate of drug-likeness (QED) is 0.497. The van der Waals surface area contributed by atoms with Crippen molar-refractivity contribution in [3.05, 3.63) is 76.9 Å². The summed E-state index contributed by atoms with van der Waals surface area (Å²) in [7, 11) is 0. The molecule has 7 heteroatoms. The molecule has 2 aromatic carbocycles. The van der Waals surface area contributed by atoms with Crippen LogP contribution in [0.3, 0.4) is 0 Å². The summed E-state index contributed by atoms with van der Waals surface area (Å²) in [4.78, 5) is 15.8. The minimum atomic E-state index is -0.932. The predicted molar refractivity (Wildman–Crippen MR) is 116 cm³/mol. The number of nitrogens with zero attached hydrogens (tertiary/aromatic N) is 1. The zero-order valence-corrected chi connectivity index (χ0v) is 17.9. The molecule has 1 aliphatic rings. The molecule has 32 heavy (non-hydrogen) atoms. The zero-order valence-electron chi connectivity index (χ0n) is 17.9. The van der Waals surface area contributed by atoms with Crippen LogP contribution in [0.4, 0.5) is 4.39 Å². The first-order valence-electron chi connectivity index (χ1n) is 10.7. The molecule has 1 saturated carbocycles. The van der Waals surface area contributed by atoms with E-state index >= 15 is 0 Å². The Morgan fingerprint density at radius 1 is 1.12 bits per heavy atom. The smallest absolute Gasteiger partial charge is 0.336 e. The molecule has 1 aliphatic carbocycles. The number of ether oxygens (including phenoxy) is 2. The summed E-state index contributed by atoms with van der Waals surface area (Å²) in [5.74, 6) is -0.197. The molecule has 168 valence electrons. The van der Waals surface area contributed by atoms with Gasteiger partial charge in [-0.1, -0.05) is 18.2 Å². The fourth-order valence-electron chi connectivity index (χ4n) is 4.07. The van der Waals surface area contributed by atoms with Gasteiger partial charge in [-0.2, -0.15) is 0 Å². The van der Waals surface area contributed by atoms with Crippen LogP contribution >= 0.6 is 0 Å². The molecule has 1 heterocycles. The van der Waals surface area contributed by atoms with Crippen molar-refractivity contribution in [1.82, 2.24) is 4.98 Å². The minimum Gasteiger partial charge on any atom is -0.478 e. The number of halogens is 1. The molecule has 1 aromatic heterocycles. The van der Waals surface area contributed by atoms with Gasteiger partial charge in [0.25, 0.3) is 0 Å². The van der Waals surface area contributed by atoms with Crippen LogP contribution in [0.1, 0.15) is 52.9 Å². The Hall–Kier alpha value is -3.03. The largest absolute Gasteiger partial charge is 0.478 e. The number of aromatic carboxylic acids is 1. The van der Waals surface area contributed by atoms with E-state index in [9.17, 15) is 14.3 Å². The van der Waals surface area contributed by atoms with Crippen LogP contribution < -0.4 is 0 Å². The Labute approximate surface area is 186 Å². The molecule has 4 rings (SSSR count). The number of carboxylic acids is 1. The molecule has 0 spiro atoms. The number of aryl methyl sites for hydroxylation is 1. The van der Waals surface area contributed by atoms with Crippen molar-refractivity contribution in [2.75, 3.05) is 0 Å². The number of benzene rings is 2. The minimum absolute atomic E-state index is 0.0143. The van der Waals surface area contributed by atoms with Crippen LogP contribution in [0.25, 0.3) is 11.5 Å². The number of carbonyl (C=O) groups is 1. The van der Waals surface area contributed by atoms with Gasteiger partial charge in [0.2, 0.25) is 5.89 Å². The van der Waals surface area contributed by atoms with E-state index in [1.165, 1.54) is 12.1 Å². The summed E-state index contributed by atoms with van der Waals surface area (Å²) < 4.78 is 30.9. The highest BCUT2D eigenvalue weighted by Crippen LogP contribution is 2.27. The van der Waals surface area contributed by atoms with Crippen LogP contribution in [0.5, 0.6) is 0 Å². The van der Waals surface area contributed by atoms with Crippen LogP contribution in [0.15, 0.2) is 53.1 Å². The molecule has 0 bridgehead atoms. The standard InChI is InChI=1S/C25H26FNO5/c1-16-4-2-5-18(23(16)25(28)29)14-30-20-6-3-7-21(12-20)31-15-22-13-27-24(32-22)17-8-10-19(26)11-9-17/h2,4-5,8-11,13,20-21H,3,6-7,12,14-15H2,1H3,(H,28,29). The number of rotatable bonds is 8. The van der Waals surface area contributed by atoms with Gasteiger partial charge >= 0.3 is 5.97 Å². The van der Waals surface area contributed by atoms with Crippen molar-refractivity contribution in [3.8, 4) is 11.5 Å². The van der Waals surface area contributed by atoms with Crippen LogP contribution in [0.2, 0.25) is 0 Å². The monoisotopic (exact) mass is 439 g/mol. The Kier molecular flexibility index (Phi) is 6.97. The lowest BCUT2D eigenvalue weighted by atomic mass is 9.94. The van der Waals surface area contributed by atoms with Crippen molar-refractivity contribution in [2.24, 2.45) is 0 Å². The van der Waals surface area contributed by atoms with Crippen molar-refractivity contribution >= 4 is 5.97 Å². The van der Waals surface area contributed by atoms with E-state index in [0.29, 0.717) is 34.9 Å². The van der Waals surface area contributed by atoms with E-state index in [1.54, 1.807) is 37.4 Å². The van der Waals surface area contributed by atoms with E-state index in [0.717, 1.165) is 31.2 Å². The average Bonchev–Trinajstić information content (AvgIpc) is 3.26. The van der Waals surface area contributed by atoms with Gasteiger partial charge in [-0.05, 0) is 68.0 Å². The number of hydrogen-bond acceptors (Lipinski definition) is 5. The van der Waals surface area contributed by atoms with Gasteiger partial charge in [0.05, 0.1) is 30.6 Å². The molecular weight excluding hydrogens is 413 g/mol. The third kappa shape index (κ3) is 5.41. The van der Waals surface area contributed by atoms with Gasteiger partial charge in [-0.3, -0.25) is 0 Å². The molecule has 2 atom stereocenters. The number of hydrogen-bond donors (Lipinski definition) is 1. The van der Waals surface area contributed by atoms with Gasteiger partial charge < -0.3 is 19.0 Å². The van der Waals surface area contributed by atoms with Gasteiger partial charge in [-0.25, -0.2) is 14.2 Å². The van der Waals surface area contributed by atoms with E-state index in [2.05, 4.69) is 4.98 Å². The van der Waals surface area contributed by atoms with Crippen molar-refractivity contribution in [2.45, 2.75) is 58.0 Å². The number of aromatic nitrogens is 1. The Balaban J connectivity index is 1.29. The first kappa shape index (κ1) is 22.2. The maximum absolute atomic E-state index is 13.1. The van der Waals surface area contributed by atoms with E-state index < -0.39 is 5.97 Å². The topological polar surface area (TPSA) is 81.8 Å². The summed E-state index contributed by atoms with van der Waals surface area (Å²) in [6, 6.07) is 11.4. The van der Waals surface area contributed by atoms with E-state index in [4.69, 9.17) is 13.9 Å². The van der Waals surface area contributed by atoms with Crippen molar-refractivity contribution in [3.63, 3.8) is 0 Å². The molecular formula is C25H26FNO5. The van der Waals surface area contributed by atoms with E-state index in [-0.39, 0.29) is 24.6 Å². The maximum atomic E-state index is 13.1. The third-order valence-electron chi connectivity index (χ3n) is 5.73. The Bertz CT molecular complexity index is 1060. The van der Waals surface area contributed by atoms with Gasteiger partial charge in [-0.15, -0.1) is 0 Å². The molecule has 6 nitrogen and oxygen atoms in total. The normalized spacial score (nSPS) is 18.6. The number of oxazole rings is 1. The summed E-state index contributed by atoms with van der Waals surface area (Å²) in [5.41, 5.74) is 2.45. The Morgan fingerprint density at radius 2 is 1.84 bits per heavy atom. The van der Waals surface area contributed by atoms with Crippen molar-refractivity contribution < 1.29 is 28.2 Å². The van der Waals surface area contributed by atoms with Crippen molar-refractivity contribution in [1.29, 1.82) is 0 Å². The van der Waals surface area contributed by atoms with Crippen LogP contribution in [-0.4, -0.2) is 28.3 Å². The lowest BCUT2D eigenvalue weighted by Crippen LogP contribution is -2.28. The maximum Gasteiger partial charge on any atom is 0.336 e. The summed E-state index contributed by atoms with van der Waals surface area (Å²) in [6.07, 6.45) is 5.25. The molecule has 1 N–H and O–H groups in total. The second-order valence-electron chi connectivity index (χ2n) is 8.09. The van der Waals surface area contributed by atoms with Gasteiger partial charge in [0.1, 0.15) is 12.4 Å². The fourth-order valence-corrected chi connectivity index (χ4v) is 4.07. The highest BCUT2D eigenvalue weighted by Gasteiger charge is 2.24. The summed E-state index contributed by atoms with van der Waals surface area (Å²) in [5, 5.41) is 9.48. The predicted octanol–water partition coefficient (Wildman–Crippen LogP) is 5.53. The first-order chi connectivity index (χ1) is 15.5. The van der Waals surface area contributed by atoms with E-state index in [1.807, 2.05) is 6.07 Å². The first-order valence-corrected chi connectivity index (χ1v) is 10.7. The van der Waals surface area contributed by atoms with Crippen LogP contribution in [-0.2, 0) is 22.7 Å². The number of carboxylic acid groups (broad SMARTS) is 1. The molecule has 0 saturated heterocycles. The summed E-state index contributed by atoms with van der Waals surface area (Å²) >= 11 is 0. The Morgan fingerprint density at radius 3 is 2.56 bits per heavy atom. The lowest BCUT2D eigenvalue weighted by Gasteiger charge is -2.29. The fraction of sp³-hybridized carbons (Fsp3) is 0.360. The average molecular weight is 439 g/mol. The SMILES string of the molecule is Cc1cccc(COC2CCCC(OCc3cnc(-c4ccc(F)cc4)o3)C2)c1C(=O)O. The lowest BCUT2D eigenvalue weighted by molar-refractivity contribution is -0.0586. The molecule has 1 fully saturated rings.